The molecule has 0 aromatic heterocycles. The third-order valence-electron chi connectivity index (χ3n) is 6.64. The fourth-order valence-corrected chi connectivity index (χ4v) is 4.38. The molecule has 43 heavy (non-hydrogen) atoms. The summed E-state index contributed by atoms with van der Waals surface area (Å²) in [7, 11) is 1.18. The van der Waals surface area contributed by atoms with Crippen LogP contribution in [0.3, 0.4) is 0 Å². The average Bonchev–Trinajstić information content (AvgIpc) is 3.01. The van der Waals surface area contributed by atoms with Crippen LogP contribution in [-0.2, 0) is 20.9 Å². The Bertz CT molecular complexity index is 1620. The van der Waals surface area contributed by atoms with Crippen LogP contribution in [0, 0.1) is 5.92 Å². The molecule has 4 aromatic carbocycles. The van der Waals surface area contributed by atoms with Crippen molar-refractivity contribution in [1.29, 1.82) is 0 Å². The number of alkyl carbamates (subject to hydrolysis) is 1. The van der Waals surface area contributed by atoms with Gasteiger partial charge in [0.2, 0.25) is 5.91 Å². The molecular weight excluding hydrogens is 561 g/mol. The normalized spacial score (nSPS) is 13.1. The average molecular weight is 591 g/mol. The number of esters is 1. The van der Waals surface area contributed by atoms with Gasteiger partial charge >= 0.3 is 18.2 Å². The lowest BCUT2D eigenvalue weighted by Crippen LogP contribution is -2.35. The molecule has 0 spiro atoms. The maximum Gasteiger partial charge on any atom is 0.414 e. The van der Waals surface area contributed by atoms with E-state index in [1.165, 1.54) is 38.3 Å². The molecule has 0 fully saturated rings. The minimum atomic E-state index is -4.95. The zero-order valence-electron chi connectivity index (χ0n) is 23.4. The van der Waals surface area contributed by atoms with E-state index in [0.717, 1.165) is 16.8 Å². The lowest BCUT2D eigenvalue weighted by molar-refractivity contribution is -0.118. The monoisotopic (exact) mass is 590 g/mol. The Morgan fingerprint density at radius 1 is 0.860 bits per heavy atom. The molecule has 2 atom stereocenters. The minimum absolute atomic E-state index is 0.00928. The summed E-state index contributed by atoms with van der Waals surface area (Å²) in [5.74, 6) is -2.60. The Morgan fingerprint density at radius 3 is 2.16 bits per heavy atom. The van der Waals surface area contributed by atoms with Gasteiger partial charge in [-0.2, -0.15) is 13.2 Å². The molecule has 0 heterocycles. The second-order valence-electron chi connectivity index (χ2n) is 9.71. The molecule has 0 aliphatic rings. The van der Waals surface area contributed by atoms with Gasteiger partial charge in [-0.15, -0.1) is 0 Å². The lowest BCUT2D eigenvalue weighted by atomic mass is 9.94. The summed E-state index contributed by atoms with van der Waals surface area (Å²) in [6.07, 6.45) is -5.28. The number of ether oxygens (including phenoxy) is 2. The van der Waals surface area contributed by atoms with E-state index in [0.29, 0.717) is 11.3 Å². The predicted molar refractivity (Wildman–Crippen MR) is 156 cm³/mol. The Labute approximate surface area is 246 Å². The molecule has 4 aromatic rings. The number of amides is 2. The van der Waals surface area contributed by atoms with Gasteiger partial charge in [0.15, 0.2) is 0 Å². The number of carbonyl (C=O) groups excluding carboxylic acids is 3. The molecular formula is C33H29F3N2O5. The number of methoxy groups -OCH3 is 1. The summed E-state index contributed by atoms with van der Waals surface area (Å²) < 4.78 is 53.6. The van der Waals surface area contributed by atoms with E-state index in [9.17, 15) is 27.6 Å². The number of fused-ring (bicyclic) bond motifs is 1. The number of alkyl halides is 3. The van der Waals surface area contributed by atoms with Gasteiger partial charge in [0.1, 0.15) is 6.61 Å². The molecule has 0 bridgehead atoms. The zero-order chi connectivity index (χ0) is 31.0. The number of nitrogens with one attached hydrogen (secondary N) is 2. The van der Waals surface area contributed by atoms with Crippen LogP contribution in [0.15, 0.2) is 109 Å². The van der Waals surface area contributed by atoms with Crippen molar-refractivity contribution >= 4 is 34.4 Å². The van der Waals surface area contributed by atoms with E-state index < -0.39 is 41.7 Å². The standard InChI is InChI=1S/C33H29F3N2O5/c1-21(30(39)37-27-17-16-23-10-6-7-11-26(23)19-27)18-28(33(34,35)36)29(24-12-14-25(15-13-24)31(40)42-2)38-32(41)43-20-22-8-4-3-5-9-22/h3-19,21,29H,20H2,1-2H3,(H,37,39)(H,38,41)/b28-18-/t21-,29-/m1/s1. The highest BCUT2D eigenvalue weighted by Gasteiger charge is 2.41. The quantitative estimate of drug-likeness (QED) is 0.157. The van der Waals surface area contributed by atoms with Gasteiger partial charge < -0.3 is 20.1 Å². The Balaban J connectivity index is 1.62. The van der Waals surface area contributed by atoms with Crippen LogP contribution in [0.2, 0.25) is 0 Å². The van der Waals surface area contributed by atoms with E-state index in [-0.39, 0.29) is 17.7 Å². The molecule has 0 aliphatic heterocycles. The van der Waals surface area contributed by atoms with Gasteiger partial charge in [0, 0.05) is 5.69 Å². The zero-order valence-corrected chi connectivity index (χ0v) is 23.4. The van der Waals surface area contributed by atoms with Gasteiger partial charge in [-0.05, 0) is 46.2 Å². The SMILES string of the molecule is COC(=O)c1ccc([C@@H](NC(=O)OCc2ccccc2)/C(=C/[C@@H](C)C(=O)Nc2ccc3ccccc3c2)C(F)(F)F)cc1. The summed E-state index contributed by atoms with van der Waals surface area (Å²) in [5.41, 5.74) is 0.000708. The lowest BCUT2D eigenvalue weighted by Gasteiger charge is -2.25. The van der Waals surface area contributed by atoms with Crippen LogP contribution in [-0.4, -0.2) is 31.3 Å². The molecule has 222 valence electrons. The predicted octanol–water partition coefficient (Wildman–Crippen LogP) is 7.36. The molecule has 2 N–H and O–H groups in total. The molecule has 0 saturated heterocycles. The van der Waals surface area contributed by atoms with Crippen LogP contribution in [0.1, 0.15) is 34.5 Å². The third-order valence-corrected chi connectivity index (χ3v) is 6.64. The summed E-state index contributed by atoms with van der Waals surface area (Å²) in [5, 5.41) is 6.75. The van der Waals surface area contributed by atoms with Crippen molar-refractivity contribution in [2.45, 2.75) is 25.7 Å². The molecule has 0 aliphatic carbocycles. The first kappa shape index (κ1) is 30.8. The summed E-state index contributed by atoms with van der Waals surface area (Å²) >= 11 is 0. The van der Waals surface area contributed by atoms with Crippen molar-refractivity contribution in [3.63, 3.8) is 0 Å². The second kappa shape index (κ2) is 13.7. The van der Waals surface area contributed by atoms with Crippen LogP contribution < -0.4 is 10.6 Å². The van der Waals surface area contributed by atoms with E-state index in [1.54, 1.807) is 48.5 Å². The van der Waals surface area contributed by atoms with Crippen LogP contribution in [0.4, 0.5) is 23.7 Å². The molecule has 0 saturated carbocycles. The highest BCUT2D eigenvalue weighted by Crippen LogP contribution is 2.37. The first-order chi connectivity index (χ1) is 20.5. The van der Waals surface area contributed by atoms with Crippen molar-refractivity contribution in [1.82, 2.24) is 5.32 Å². The van der Waals surface area contributed by atoms with E-state index >= 15 is 0 Å². The van der Waals surface area contributed by atoms with E-state index in [4.69, 9.17) is 4.74 Å². The summed E-state index contributed by atoms with van der Waals surface area (Å²) in [6, 6.07) is 24.7. The van der Waals surface area contributed by atoms with Crippen LogP contribution >= 0.6 is 0 Å². The maximum absolute atomic E-state index is 14.6. The van der Waals surface area contributed by atoms with Gasteiger partial charge in [-0.3, -0.25) is 4.79 Å². The van der Waals surface area contributed by atoms with Crippen LogP contribution in [0.25, 0.3) is 10.8 Å². The highest BCUT2D eigenvalue weighted by atomic mass is 19.4. The maximum atomic E-state index is 14.6. The Hall–Kier alpha value is -5.12. The van der Waals surface area contributed by atoms with Crippen LogP contribution in [0.5, 0.6) is 0 Å². The number of anilines is 1. The molecule has 10 heteroatoms. The Kier molecular flexibility index (Phi) is 9.82. The van der Waals surface area contributed by atoms with Gasteiger partial charge in [0.05, 0.1) is 30.2 Å². The van der Waals surface area contributed by atoms with Crippen molar-refractivity contribution in [3.8, 4) is 0 Å². The molecule has 4 rings (SSSR count). The van der Waals surface area contributed by atoms with E-state index in [2.05, 4.69) is 15.4 Å². The number of carbonyl (C=O) groups is 3. The minimum Gasteiger partial charge on any atom is -0.465 e. The number of halogens is 3. The fourth-order valence-electron chi connectivity index (χ4n) is 4.38. The topological polar surface area (TPSA) is 93.7 Å². The number of hydrogen-bond acceptors (Lipinski definition) is 5. The third kappa shape index (κ3) is 8.22. The van der Waals surface area contributed by atoms with Crippen molar-refractivity contribution in [2.75, 3.05) is 12.4 Å². The van der Waals surface area contributed by atoms with Crippen molar-refractivity contribution in [3.05, 3.63) is 125 Å². The first-order valence-electron chi connectivity index (χ1n) is 13.3. The van der Waals surface area contributed by atoms with Gasteiger partial charge in [-0.1, -0.05) is 85.8 Å². The summed E-state index contributed by atoms with van der Waals surface area (Å²) in [4.78, 5) is 37.6. The highest BCUT2D eigenvalue weighted by molar-refractivity contribution is 5.96. The van der Waals surface area contributed by atoms with Gasteiger partial charge in [-0.25, -0.2) is 9.59 Å². The summed E-state index contributed by atoms with van der Waals surface area (Å²) in [6.45, 7) is 1.16. The fraction of sp³-hybridized carbons (Fsp3) is 0.182. The Morgan fingerprint density at radius 2 is 1.51 bits per heavy atom. The number of hydrogen-bond donors (Lipinski definition) is 2. The molecule has 2 amide bonds. The van der Waals surface area contributed by atoms with E-state index in [1.807, 2.05) is 24.3 Å². The molecule has 7 nitrogen and oxygen atoms in total. The smallest absolute Gasteiger partial charge is 0.414 e. The van der Waals surface area contributed by atoms with Crippen molar-refractivity contribution in [2.24, 2.45) is 5.92 Å². The van der Waals surface area contributed by atoms with Crippen molar-refractivity contribution < 1.29 is 37.0 Å². The number of benzene rings is 4. The van der Waals surface area contributed by atoms with Gasteiger partial charge in [0.25, 0.3) is 0 Å². The second-order valence-corrected chi connectivity index (χ2v) is 9.71. The molecule has 0 unspecified atom stereocenters. The molecule has 0 radical (unpaired) electrons. The first-order valence-corrected chi connectivity index (χ1v) is 13.3. The number of rotatable bonds is 9. The largest absolute Gasteiger partial charge is 0.465 e.